The van der Waals surface area contributed by atoms with Crippen molar-refractivity contribution in [2.24, 2.45) is 0 Å². The molecule has 2 rings (SSSR count). The molecule has 5 heteroatoms. The number of nitrogens with zero attached hydrogens (tertiary/aromatic N) is 1. The fraction of sp³-hybridized carbons (Fsp3) is 0.600. The highest BCUT2D eigenvalue weighted by molar-refractivity contribution is 7.88. The van der Waals surface area contributed by atoms with Crippen molar-refractivity contribution < 1.29 is 8.42 Å². The number of sulfonamides is 1. The van der Waals surface area contributed by atoms with Gasteiger partial charge in [0.25, 0.3) is 0 Å². The van der Waals surface area contributed by atoms with Gasteiger partial charge >= 0.3 is 0 Å². The monoisotopic (exact) mass is 296 g/mol. The van der Waals surface area contributed by atoms with Crippen LogP contribution in [0.4, 0.5) is 0 Å². The highest BCUT2D eigenvalue weighted by Gasteiger charge is 2.33. The van der Waals surface area contributed by atoms with Crippen LogP contribution in [0.25, 0.3) is 0 Å². The molecule has 20 heavy (non-hydrogen) atoms. The van der Waals surface area contributed by atoms with Gasteiger partial charge in [-0.05, 0) is 24.0 Å². The average molecular weight is 296 g/mol. The molecule has 1 aliphatic rings. The summed E-state index contributed by atoms with van der Waals surface area (Å²) >= 11 is 0. The van der Waals surface area contributed by atoms with E-state index in [0.29, 0.717) is 6.04 Å². The van der Waals surface area contributed by atoms with Crippen molar-refractivity contribution in [2.45, 2.75) is 51.1 Å². The number of benzene rings is 1. The van der Waals surface area contributed by atoms with Gasteiger partial charge in [-0.25, -0.2) is 12.7 Å². The van der Waals surface area contributed by atoms with E-state index >= 15 is 0 Å². The smallest absolute Gasteiger partial charge is 0.218 e. The predicted octanol–water partition coefficient (Wildman–Crippen LogP) is 2.11. The van der Waals surface area contributed by atoms with Crippen molar-refractivity contribution in [2.75, 3.05) is 7.05 Å². The van der Waals surface area contributed by atoms with E-state index in [1.807, 2.05) is 24.3 Å². The van der Waals surface area contributed by atoms with Crippen LogP contribution in [0.15, 0.2) is 24.3 Å². The summed E-state index contributed by atoms with van der Waals surface area (Å²) in [5.41, 5.74) is 1.99. The molecule has 1 aromatic carbocycles. The van der Waals surface area contributed by atoms with E-state index < -0.39 is 10.0 Å². The van der Waals surface area contributed by atoms with E-state index in [1.165, 1.54) is 4.31 Å². The summed E-state index contributed by atoms with van der Waals surface area (Å²) in [6.45, 7) is 4.96. The lowest BCUT2D eigenvalue weighted by atomic mass is 10.1. The van der Waals surface area contributed by atoms with E-state index in [2.05, 4.69) is 19.2 Å². The third-order valence-electron chi connectivity index (χ3n) is 3.55. The minimum Gasteiger partial charge on any atom is -0.310 e. The first-order valence-corrected chi connectivity index (χ1v) is 8.76. The molecule has 0 saturated heterocycles. The summed E-state index contributed by atoms with van der Waals surface area (Å²) < 4.78 is 26.1. The number of rotatable bonds is 7. The predicted molar refractivity (Wildman–Crippen MR) is 81.8 cm³/mol. The Morgan fingerprint density at radius 2 is 1.95 bits per heavy atom. The summed E-state index contributed by atoms with van der Waals surface area (Å²) in [7, 11) is -1.49. The van der Waals surface area contributed by atoms with Gasteiger partial charge < -0.3 is 5.32 Å². The molecule has 0 atom stereocenters. The van der Waals surface area contributed by atoms with E-state index in [4.69, 9.17) is 0 Å². The van der Waals surface area contributed by atoms with Crippen molar-refractivity contribution in [3.8, 4) is 0 Å². The third-order valence-corrected chi connectivity index (χ3v) is 5.43. The molecule has 4 nitrogen and oxygen atoms in total. The van der Waals surface area contributed by atoms with Gasteiger partial charge in [-0.1, -0.05) is 38.1 Å². The van der Waals surface area contributed by atoms with Gasteiger partial charge in [0.05, 0.1) is 5.75 Å². The number of hydrogen-bond acceptors (Lipinski definition) is 3. The van der Waals surface area contributed by atoms with Gasteiger partial charge in [0.1, 0.15) is 0 Å². The fourth-order valence-corrected chi connectivity index (χ4v) is 3.60. The summed E-state index contributed by atoms with van der Waals surface area (Å²) in [5.74, 6) is 0.0928. The molecule has 0 heterocycles. The maximum absolute atomic E-state index is 12.3. The second-order valence-electron chi connectivity index (χ2n) is 5.86. The SMILES string of the molecule is CC(C)NCc1cccc(CS(=O)(=O)N(C)C2CC2)c1. The molecule has 1 aromatic rings. The molecule has 1 saturated carbocycles. The first kappa shape index (κ1) is 15.5. The summed E-state index contributed by atoms with van der Waals surface area (Å²) in [5, 5.41) is 3.34. The topological polar surface area (TPSA) is 49.4 Å². The lowest BCUT2D eigenvalue weighted by Gasteiger charge is -2.16. The molecule has 0 aromatic heterocycles. The Hall–Kier alpha value is -0.910. The largest absolute Gasteiger partial charge is 0.310 e. The zero-order chi connectivity index (χ0) is 14.8. The quantitative estimate of drug-likeness (QED) is 0.838. The maximum atomic E-state index is 12.3. The third kappa shape index (κ3) is 4.30. The van der Waals surface area contributed by atoms with Crippen LogP contribution in [-0.4, -0.2) is 31.9 Å². The van der Waals surface area contributed by atoms with Crippen LogP contribution in [0.2, 0.25) is 0 Å². The second-order valence-corrected chi connectivity index (χ2v) is 7.89. The molecule has 112 valence electrons. The Labute approximate surface area is 122 Å². The zero-order valence-electron chi connectivity index (χ0n) is 12.5. The van der Waals surface area contributed by atoms with Crippen molar-refractivity contribution in [3.05, 3.63) is 35.4 Å². The first-order chi connectivity index (χ1) is 9.38. The summed E-state index contributed by atoms with van der Waals surface area (Å²) in [6, 6.07) is 8.47. The summed E-state index contributed by atoms with van der Waals surface area (Å²) in [6.07, 6.45) is 1.99. The lowest BCUT2D eigenvalue weighted by molar-refractivity contribution is 0.463. The Bertz CT molecular complexity index is 551. The van der Waals surface area contributed by atoms with Crippen molar-refractivity contribution in [3.63, 3.8) is 0 Å². The van der Waals surface area contributed by atoms with E-state index in [9.17, 15) is 8.42 Å². The Morgan fingerprint density at radius 3 is 2.55 bits per heavy atom. The van der Waals surface area contributed by atoms with Crippen LogP contribution in [-0.2, 0) is 22.3 Å². The Morgan fingerprint density at radius 1 is 1.30 bits per heavy atom. The highest BCUT2D eigenvalue weighted by Crippen LogP contribution is 2.28. The highest BCUT2D eigenvalue weighted by atomic mass is 32.2. The van der Waals surface area contributed by atoms with E-state index in [1.54, 1.807) is 7.05 Å². The van der Waals surface area contributed by atoms with Crippen LogP contribution in [0.5, 0.6) is 0 Å². The maximum Gasteiger partial charge on any atom is 0.218 e. The number of nitrogens with one attached hydrogen (secondary N) is 1. The lowest BCUT2D eigenvalue weighted by Crippen LogP contribution is -2.30. The molecular weight excluding hydrogens is 272 g/mol. The van der Waals surface area contributed by atoms with Crippen LogP contribution < -0.4 is 5.32 Å². The first-order valence-electron chi connectivity index (χ1n) is 7.15. The van der Waals surface area contributed by atoms with Gasteiger partial charge in [0.2, 0.25) is 10.0 Å². The van der Waals surface area contributed by atoms with Gasteiger partial charge in [-0.2, -0.15) is 0 Å². The van der Waals surface area contributed by atoms with Crippen LogP contribution in [0.1, 0.15) is 37.8 Å². The van der Waals surface area contributed by atoms with Crippen molar-refractivity contribution in [1.82, 2.24) is 9.62 Å². The average Bonchev–Trinajstić information content (AvgIpc) is 3.19. The van der Waals surface area contributed by atoms with Crippen molar-refractivity contribution >= 4 is 10.0 Å². The zero-order valence-corrected chi connectivity index (χ0v) is 13.3. The van der Waals surface area contributed by atoms with Gasteiger partial charge in [0.15, 0.2) is 0 Å². The fourth-order valence-electron chi connectivity index (χ4n) is 2.13. The molecule has 0 spiro atoms. The molecule has 1 N–H and O–H groups in total. The normalized spacial score (nSPS) is 16.1. The van der Waals surface area contributed by atoms with Gasteiger partial charge in [-0.3, -0.25) is 0 Å². The van der Waals surface area contributed by atoms with Crippen LogP contribution >= 0.6 is 0 Å². The van der Waals surface area contributed by atoms with Crippen LogP contribution in [0, 0.1) is 0 Å². The van der Waals surface area contributed by atoms with Gasteiger partial charge in [-0.15, -0.1) is 0 Å². The van der Waals surface area contributed by atoms with E-state index in [0.717, 1.165) is 30.5 Å². The molecule has 0 radical (unpaired) electrons. The molecule has 0 unspecified atom stereocenters. The molecule has 0 bridgehead atoms. The van der Waals surface area contributed by atoms with Gasteiger partial charge in [0, 0.05) is 25.7 Å². The second kappa shape index (κ2) is 6.24. The standard InChI is InChI=1S/C15H24N2O2S/c1-12(2)16-10-13-5-4-6-14(9-13)11-20(18,19)17(3)15-7-8-15/h4-6,9,12,15-16H,7-8,10-11H2,1-3H3. The molecule has 0 aliphatic heterocycles. The molecule has 1 aliphatic carbocycles. The molecule has 0 amide bonds. The minimum atomic E-state index is -3.19. The molecular formula is C15H24N2O2S. The molecule has 1 fully saturated rings. The minimum absolute atomic E-state index is 0.0928. The van der Waals surface area contributed by atoms with E-state index in [-0.39, 0.29) is 11.8 Å². The number of hydrogen-bond donors (Lipinski definition) is 1. The Kier molecular flexibility index (Phi) is 4.83. The summed E-state index contributed by atoms with van der Waals surface area (Å²) in [4.78, 5) is 0. The van der Waals surface area contributed by atoms with Crippen molar-refractivity contribution in [1.29, 1.82) is 0 Å². The van der Waals surface area contributed by atoms with Crippen LogP contribution in [0.3, 0.4) is 0 Å². The Balaban J connectivity index is 2.03.